The lowest BCUT2D eigenvalue weighted by Crippen LogP contribution is -2.65. The van der Waals surface area contributed by atoms with Gasteiger partial charge in [0, 0.05) is 18.8 Å². The van der Waals surface area contributed by atoms with E-state index in [9.17, 15) is 14.7 Å². The molecule has 0 radical (unpaired) electrons. The first-order valence-electron chi connectivity index (χ1n) is 10.5. The van der Waals surface area contributed by atoms with E-state index in [1.165, 1.54) is 0 Å². The monoisotopic (exact) mass is 410 g/mol. The van der Waals surface area contributed by atoms with Crippen molar-refractivity contribution in [3.63, 3.8) is 0 Å². The average molecular weight is 410 g/mol. The second-order valence-electron chi connectivity index (χ2n) is 8.73. The third-order valence-electron chi connectivity index (χ3n) is 6.27. The molecule has 2 amide bonds. The number of carbonyl (C=O) groups is 2. The zero-order valence-corrected chi connectivity index (χ0v) is 17.2. The van der Waals surface area contributed by atoms with Crippen LogP contribution in [0.3, 0.4) is 0 Å². The Kier molecular flexibility index (Phi) is 4.36. The topological polar surface area (TPSA) is 98.8 Å². The van der Waals surface area contributed by atoms with Crippen LogP contribution in [-0.2, 0) is 27.9 Å². The van der Waals surface area contributed by atoms with Gasteiger partial charge in [0.15, 0.2) is 0 Å². The number of fused-ring (bicyclic) bond motifs is 3. The van der Waals surface area contributed by atoms with Gasteiger partial charge in [-0.05, 0) is 44.7 Å². The fourth-order valence-corrected chi connectivity index (χ4v) is 4.85. The molecule has 1 aromatic carbocycles. The number of likely N-dealkylation sites (tertiary alicyclic amines) is 1. The fraction of sp³-hybridized carbons (Fsp3) is 0.500. The minimum Gasteiger partial charge on any atom is -0.447 e. The number of hydrogen-bond acceptors (Lipinski definition) is 5. The van der Waals surface area contributed by atoms with Gasteiger partial charge in [-0.2, -0.15) is 0 Å². The molecule has 5 rings (SSSR count). The van der Waals surface area contributed by atoms with Gasteiger partial charge in [0.2, 0.25) is 5.91 Å². The molecule has 1 aliphatic carbocycles. The van der Waals surface area contributed by atoms with E-state index >= 15 is 0 Å². The molecule has 1 fully saturated rings. The molecule has 3 heterocycles. The Hall–Kier alpha value is -2.87. The van der Waals surface area contributed by atoms with Crippen LogP contribution < -0.4 is 4.90 Å². The van der Waals surface area contributed by atoms with E-state index < -0.39 is 11.5 Å². The van der Waals surface area contributed by atoms with Crippen molar-refractivity contribution < 1.29 is 19.4 Å². The Balaban J connectivity index is 1.40. The number of amides is 2. The summed E-state index contributed by atoms with van der Waals surface area (Å²) < 4.78 is 5.28. The second kappa shape index (κ2) is 6.84. The van der Waals surface area contributed by atoms with Crippen LogP contribution in [0.1, 0.15) is 55.6 Å². The highest BCUT2D eigenvalue weighted by molar-refractivity contribution is 6.09. The summed E-state index contributed by atoms with van der Waals surface area (Å²) in [6.45, 7) is 4.57. The molecule has 30 heavy (non-hydrogen) atoms. The molecule has 1 spiro atoms. The van der Waals surface area contributed by atoms with Crippen LogP contribution in [-0.4, -0.2) is 51.2 Å². The maximum atomic E-state index is 13.5. The van der Waals surface area contributed by atoms with E-state index in [2.05, 4.69) is 9.97 Å². The molecule has 2 aliphatic heterocycles. The summed E-state index contributed by atoms with van der Waals surface area (Å²) in [6, 6.07) is 7.75. The van der Waals surface area contributed by atoms with Crippen LogP contribution in [0.25, 0.3) is 0 Å². The lowest BCUT2D eigenvalue weighted by Gasteiger charge is -2.46. The molecule has 0 saturated carbocycles. The maximum absolute atomic E-state index is 13.5. The SMILES string of the molecule is CC(C)OC(=O)N1CC2(C1)C(=O)N(Cc1nc3c([nH]1)C(O)CCC3)c1ccccc12. The van der Waals surface area contributed by atoms with Gasteiger partial charge in [-0.15, -0.1) is 0 Å². The van der Waals surface area contributed by atoms with Gasteiger partial charge in [-0.25, -0.2) is 9.78 Å². The average Bonchev–Trinajstić information content (AvgIpc) is 3.19. The number of carbonyl (C=O) groups excluding carboxylic acids is 2. The van der Waals surface area contributed by atoms with E-state index in [4.69, 9.17) is 4.74 Å². The third-order valence-corrected chi connectivity index (χ3v) is 6.27. The predicted octanol–water partition coefficient (Wildman–Crippen LogP) is 2.42. The van der Waals surface area contributed by atoms with Gasteiger partial charge < -0.3 is 24.6 Å². The third kappa shape index (κ3) is 2.81. The van der Waals surface area contributed by atoms with Crippen LogP contribution in [0.4, 0.5) is 10.5 Å². The summed E-state index contributed by atoms with van der Waals surface area (Å²) in [5.74, 6) is 0.656. The fourth-order valence-electron chi connectivity index (χ4n) is 4.85. The Labute approximate surface area is 174 Å². The van der Waals surface area contributed by atoms with Gasteiger partial charge in [-0.1, -0.05) is 18.2 Å². The highest BCUT2D eigenvalue weighted by Crippen LogP contribution is 2.48. The molecule has 2 aromatic rings. The number of para-hydroxylation sites is 1. The Morgan fingerprint density at radius 2 is 2.13 bits per heavy atom. The first-order chi connectivity index (χ1) is 14.4. The molecule has 2 N–H and O–H groups in total. The zero-order chi connectivity index (χ0) is 21.0. The van der Waals surface area contributed by atoms with Crippen molar-refractivity contribution >= 4 is 17.7 Å². The number of ether oxygens (including phenoxy) is 1. The molecule has 1 saturated heterocycles. The van der Waals surface area contributed by atoms with Gasteiger partial charge in [-0.3, -0.25) is 4.79 Å². The Morgan fingerprint density at radius 1 is 1.37 bits per heavy atom. The molecular weight excluding hydrogens is 384 g/mol. The van der Waals surface area contributed by atoms with E-state index in [1.54, 1.807) is 9.80 Å². The largest absolute Gasteiger partial charge is 0.447 e. The summed E-state index contributed by atoms with van der Waals surface area (Å²) in [5, 5.41) is 10.2. The number of nitrogens with one attached hydrogen (secondary N) is 1. The van der Waals surface area contributed by atoms with Crippen molar-refractivity contribution in [2.45, 2.75) is 57.3 Å². The predicted molar refractivity (Wildman–Crippen MR) is 109 cm³/mol. The van der Waals surface area contributed by atoms with Gasteiger partial charge in [0.1, 0.15) is 11.2 Å². The van der Waals surface area contributed by atoms with E-state index in [0.717, 1.165) is 41.9 Å². The minimum absolute atomic E-state index is 0.0211. The van der Waals surface area contributed by atoms with Crippen LogP contribution in [0.2, 0.25) is 0 Å². The molecule has 3 aliphatic rings. The van der Waals surface area contributed by atoms with E-state index in [-0.39, 0.29) is 18.1 Å². The van der Waals surface area contributed by atoms with Crippen molar-refractivity contribution in [3.05, 3.63) is 47.0 Å². The second-order valence-corrected chi connectivity index (χ2v) is 8.73. The summed E-state index contributed by atoms with van der Waals surface area (Å²) >= 11 is 0. The zero-order valence-electron chi connectivity index (χ0n) is 17.2. The number of aliphatic hydroxyl groups is 1. The minimum atomic E-state index is -0.724. The van der Waals surface area contributed by atoms with E-state index in [0.29, 0.717) is 25.5 Å². The number of rotatable bonds is 3. The van der Waals surface area contributed by atoms with Crippen LogP contribution >= 0.6 is 0 Å². The smallest absolute Gasteiger partial charge is 0.410 e. The molecule has 0 bridgehead atoms. The number of aromatic amines is 1. The number of hydrogen-bond donors (Lipinski definition) is 2. The normalized spacial score (nSPS) is 21.6. The Morgan fingerprint density at radius 3 is 2.87 bits per heavy atom. The van der Waals surface area contributed by atoms with Crippen molar-refractivity contribution in [2.75, 3.05) is 18.0 Å². The maximum Gasteiger partial charge on any atom is 0.410 e. The van der Waals surface area contributed by atoms with Crippen LogP contribution in [0.5, 0.6) is 0 Å². The van der Waals surface area contributed by atoms with Gasteiger partial charge in [0.05, 0.1) is 30.1 Å². The summed E-state index contributed by atoms with van der Waals surface area (Å²) in [4.78, 5) is 37.0. The van der Waals surface area contributed by atoms with Crippen molar-refractivity contribution in [2.24, 2.45) is 0 Å². The quantitative estimate of drug-likeness (QED) is 0.810. The lowest BCUT2D eigenvalue weighted by atomic mass is 9.75. The summed E-state index contributed by atoms with van der Waals surface area (Å²) in [7, 11) is 0. The lowest BCUT2D eigenvalue weighted by molar-refractivity contribution is -0.128. The van der Waals surface area contributed by atoms with Crippen LogP contribution in [0.15, 0.2) is 24.3 Å². The highest BCUT2D eigenvalue weighted by atomic mass is 16.6. The number of nitrogens with zero attached hydrogens (tertiary/aromatic N) is 3. The molecular formula is C22H26N4O4. The highest BCUT2D eigenvalue weighted by Gasteiger charge is 2.59. The number of aromatic nitrogens is 2. The van der Waals surface area contributed by atoms with E-state index in [1.807, 2.05) is 38.1 Å². The summed E-state index contributed by atoms with van der Waals surface area (Å²) in [5.41, 5.74) is 2.74. The number of anilines is 1. The molecule has 8 heteroatoms. The number of aryl methyl sites for hydroxylation is 1. The first kappa shape index (κ1) is 19.1. The molecule has 1 aromatic heterocycles. The number of aliphatic hydroxyl groups excluding tert-OH is 1. The van der Waals surface area contributed by atoms with Crippen molar-refractivity contribution in [3.8, 4) is 0 Å². The summed E-state index contributed by atoms with van der Waals surface area (Å²) in [6.07, 6.45) is 1.38. The van der Waals surface area contributed by atoms with Crippen molar-refractivity contribution in [1.29, 1.82) is 0 Å². The van der Waals surface area contributed by atoms with Gasteiger partial charge >= 0.3 is 6.09 Å². The molecule has 1 atom stereocenters. The van der Waals surface area contributed by atoms with Crippen molar-refractivity contribution in [1.82, 2.24) is 14.9 Å². The molecule has 1 unspecified atom stereocenters. The first-order valence-corrected chi connectivity index (χ1v) is 10.5. The number of benzene rings is 1. The standard InChI is InChI=1S/C22H26N4O4/c1-13(2)30-21(29)25-11-22(12-25)14-6-3-4-8-16(14)26(20(22)28)10-18-23-15-7-5-9-17(27)19(15)24-18/h3-4,6,8,13,17,27H,5,7,9-12H2,1-2H3,(H,23,24). The number of imidazole rings is 1. The molecule has 158 valence electrons. The number of H-pyrrole nitrogens is 1. The van der Waals surface area contributed by atoms with Crippen LogP contribution in [0, 0.1) is 0 Å². The molecule has 8 nitrogen and oxygen atoms in total. The Bertz CT molecular complexity index is 1010. The van der Waals surface area contributed by atoms with Gasteiger partial charge in [0.25, 0.3) is 0 Å².